The van der Waals surface area contributed by atoms with Gasteiger partial charge in [-0.05, 0) is 67.2 Å². The molecule has 0 N–H and O–H groups in total. The maximum Gasteiger partial charge on any atom is 0.0702 e. The van der Waals surface area contributed by atoms with Crippen LogP contribution in [0.1, 0.15) is 31.2 Å². The van der Waals surface area contributed by atoms with E-state index in [1.54, 1.807) is 0 Å². The highest BCUT2D eigenvalue weighted by Gasteiger charge is 2.39. The van der Waals surface area contributed by atoms with Crippen molar-refractivity contribution in [3.8, 4) is 11.3 Å². The van der Waals surface area contributed by atoms with Gasteiger partial charge in [-0.3, -0.25) is 4.98 Å². The maximum absolute atomic E-state index is 4.85. The standard InChI is InChI=1S/C23H24N2/c1-2-6-19-15-20(8-7-18(19)5-1)22-10-9-21(16-24-22)23-11-3-13-25(17-23)14-4-12-23/h1-2,5-10,15-16H,3-4,11-14,17H2. The molecule has 0 amide bonds. The molecule has 0 saturated carbocycles. The summed E-state index contributed by atoms with van der Waals surface area (Å²) in [6.07, 6.45) is 7.44. The average molecular weight is 328 g/mol. The number of aromatic nitrogens is 1. The van der Waals surface area contributed by atoms with Gasteiger partial charge >= 0.3 is 0 Å². The predicted octanol–water partition coefficient (Wildman–Crippen LogP) is 5.03. The Balaban J connectivity index is 1.48. The summed E-state index contributed by atoms with van der Waals surface area (Å²) in [5.74, 6) is 0. The van der Waals surface area contributed by atoms with Crippen LogP contribution in [0.3, 0.4) is 0 Å². The third-order valence-corrected chi connectivity index (χ3v) is 6.21. The summed E-state index contributed by atoms with van der Waals surface area (Å²) in [7, 11) is 0. The Morgan fingerprint density at radius 3 is 2.40 bits per heavy atom. The van der Waals surface area contributed by atoms with Gasteiger partial charge in [-0.15, -0.1) is 0 Å². The minimum absolute atomic E-state index is 0.353. The van der Waals surface area contributed by atoms with Crippen LogP contribution in [-0.2, 0) is 5.41 Å². The van der Waals surface area contributed by atoms with Crippen molar-refractivity contribution in [1.29, 1.82) is 0 Å². The van der Waals surface area contributed by atoms with Crippen molar-refractivity contribution in [1.82, 2.24) is 9.88 Å². The lowest BCUT2D eigenvalue weighted by molar-refractivity contribution is 0.0941. The molecule has 2 bridgehead atoms. The van der Waals surface area contributed by atoms with Crippen LogP contribution in [0.25, 0.3) is 22.0 Å². The first-order valence-corrected chi connectivity index (χ1v) is 9.51. The Morgan fingerprint density at radius 2 is 1.64 bits per heavy atom. The average Bonchev–Trinajstić information content (AvgIpc) is 2.68. The zero-order chi connectivity index (χ0) is 16.7. The first kappa shape index (κ1) is 15.1. The van der Waals surface area contributed by atoms with E-state index in [1.165, 1.54) is 67.2 Å². The number of benzene rings is 2. The van der Waals surface area contributed by atoms with E-state index < -0.39 is 0 Å². The third-order valence-electron chi connectivity index (χ3n) is 6.21. The van der Waals surface area contributed by atoms with Crippen LogP contribution in [0.2, 0.25) is 0 Å². The van der Waals surface area contributed by atoms with Crippen molar-refractivity contribution < 1.29 is 0 Å². The summed E-state index contributed by atoms with van der Waals surface area (Å²) in [4.78, 5) is 7.50. The van der Waals surface area contributed by atoms with Gasteiger partial charge in [-0.2, -0.15) is 0 Å². The number of hydrogen-bond acceptors (Lipinski definition) is 2. The zero-order valence-corrected chi connectivity index (χ0v) is 14.6. The van der Waals surface area contributed by atoms with E-state index in [9.17, 15) is 0 Å². The topological polar surface area (TPSA) is 16.1 Å². The quantitative estimate of drug-likeness (QED) is 0.656. The molecule has 1 aromatic heterocycles. The van der Waals surface area contributed by atoms with E-state index in [0.717, 1.165) is 5.69 Å². The first-order chi connectivity index (χ1) is 12.3. The summed E-state index contributed by atoms with van der Waals surface area (Å²) in [5.41, 5.74) is 4.08. The third kappa shape index (κ3) is 2.65. The molecule has 2 aliphatic heterocycles. The van der Waals surface area contributed by atoms with Crippen LogP contribution >= 0.6 is 0 Å². The summed E-state index contributed by atoms with van der Waals surface area (Å²) in [5, 5.41) is 2.56. The molecule has 3 aromatic rings. The lowest BCUT2D eigenvalue weighted by atomic mass is 9.69. The number of fused-ring (bicyclic) bond motifs is 3. The fraction of sp³-hybridized carbons (Fsp3) is 0.348. The number of nitrogens with zero attached hydrogens (tertiary/aromatic N) is 2. The van der Waals surface area contributed by atoms with Gasteiger partial charge < -0.3 is 4.90 Å². The van der Waals surface area contributed by atoms with Gasteiger partial charge in [-0.25, -0.2) is 0 Å². The smallest absolute Gasteiger partial charge is 0.0702 e. The first-order valence-electron chi connectivity index (χ1n) is 9.51. The van der Waals surface area contributed by atoms with E-state index >= 15 is 0 Å². The molecule has 25 heavy (non-hydrogen) atoms. The molecule has 0 aliphatic carbocycles. The minimum Gasteiger partial charge on any atom is -0.302 e. The molecular weight excluding hydrogens is 304 g/mol. The molecule has 2 nitrogen and oxygen atoms in total. The van der Waals surface area contributed by atoms with Crippen LogP contribution in [0.15, 0.2) is 60.8 Å². The fourth-order valence-electron chi connectivity index (χ4n) is 4.87. The van der Waals surface area contributed by atoms with Crippen LogP contribution < -0.4 is 0 Å². The van der Waals surface area contributed by atoms with Crippen LogP contribution in [0.4, 0.5) is 0 Å². The molecule has 2 fully saturated rings. The van der Waals surface area contributed by atoms with Crippen LogP contribution in [0.5, 0.6) is 0 Å². The SMILES string of the molecule is c1ccc2cc(-c3ccc(C45CCCN(CCC4)C5)cn3)ccc2c1. The maximum atomic E-state index is 4.85. The lowest BCUT2D eigenvalue weighted by Crippen LogP contribution is -2.50. The molecule has 126 valence electrons. The van der Waals surface area contributed by atoms with Crippen LogP contribution in [-0.4, -0.2) is 29.5 Å². The summed E-state index contributed by atoms with van der Waals surface area (Å²) in [6, 6.07) is 19.7. The summed E-state index contributed by atoms with van der Waals surface area (Å²) in [6.45, 7) is 3.79. The van der Waals surface area contributed by atoms with Crippen molar-refractivity contribution in [2.45, 2.75) is 31.1 Å². The summed E-state index contributed by atoms with van der Waals surface area (Å²) >= 11 is 0. The molecule has 0 spiro atoms. The highest BCUT2D eigenvalue weighted by Crippen LogP contribution is 2.41. The molecule has 2 saturated heterocycles. The summed E-state index contributed by atoms with van der Waals surface area (Å²) < 4.78 is 0. The second kappa shape index (κ2) is 5.96. The van der Waals surface area contributed by atoms with Crippen LogP contribution in [0, 0.1) is 0 Å². The van der Waals surface area contributed by atoms with Gasteiger partial charge in [0.2, 0.25) is 0 Å². The van der Waals surface area contributed by atoms with Gasteiger partial charge in [0.25, 0.3) is 0 Å². The number of piperidine rings is 2. The van der Waals surface area contributed by atoms with E-state index in [2.05, 4.69) is 65.7 Å². The number of pyridine rings is 1. The van der Waals surface area contributed by atoms with Crippen molar-refractivity contribution in [2.24, 2.45) is 0 Å². The second-order valence-electron chi connectivity index (χ2n) is 7.76. The Labute approximate surface area is 149 Å². The molecule has 3 heterocycles. The van der Waals surface area contributed by atoms with Crippen molar-refractivity contribution in [2.75, 3.05) is 19.6 Å². The molecule has 0 unspecified atom stereocenters. The molecule has 2 aliphatic rings. The highest BCUT2D eigenvalue weighted by molar-refractivity contribution is 5.86. The minimum atomic E-state index is 0.353. The Hall–Kier alpha value is -2.19. The van der Waals surface area contributed by atoms with E-state index in [1.807, 2.05) is 0 Å². The second-order valence-corrected chi connectivity index (χ2v) is 7.76. The van der Waals surface area contributed by atoms with Crippen molar-refractivity contribution >= 4 is 10.8 Å². The Morgan fingerprint density at radius 1 is 0.840 bits per heavy atom. The molecule has 0 radical (unpaired) electrons. The molecular formula is C23H24N2. The van der Waals surface area contributed by atoms with Gasteiger partial charge in [0, 0.05) is 23.7 Å². The number of hydrogen-bond donors (Lipinski definition) is 0. The van der Waals surface area contributed by atoms with Gasteiger partial charge in [-0.1, -0.05) is 42.5 Å². The molecule has 0 atom stereocenters. The highest BCUT2D eigenvalue weighted by atomic mass is 15.1. The van der Waals surface area contributed by atoms with Gasteiger partial charge in [0.1, 0.15) is 0 Å². The zero-order valence-electron chi connectivity index (χ0n) is 14.6. The normalized spacial score (nSPS) is 25.8. The number of rotatable bonds is 2. The van der Waals surface area contributed by atoms with E-state index in [4.69, 9.17) is 4.98 Å². The molecule has 2 aromatic carbocycles. The Kier molecular flexibility index (Phi) is 3.60. The van der Waals surface area contributed by atoms with Gasteiger partial charge in [0.15, 0.2) is 0 Å². The largest absolute Gasteiger partial charge is 0.302 e. The van der Waals surface area contributed by atoms with E-state index in [0.29, 0.717) is 5.41 Å². The predicted molar refractivity (Wildman–Crippen MR) is 104 cm³/mol. The lowest BCUT2D eigenvalue weighted by Gasteiger charge is -2.47. The van der Waals surface area contributed by atoms with E-state index in [-0.39, 0.29) is 0 Å². The monoisotopic (exact) mass is 328 g/mol. The van der Waals surface area contributed by atoms with Crippen molar-refractivity contribution in [3.05, 3.63) is 66.4 Å². The molecule has 2 heteroatoms. The fourth-order valence-corrected chi connectivity index (χ4v) is 4.87. The Bertz CT molecular complexity index is 887. The van der Waals surface area contributed by atoms with Gasteiger partial charge in [0.05, 0.1) is 5.69 Å². The molecule has 5 rings (SSSR count). The van der Waals surface area contributed by atoms with Crippen molar-refractivity contribution in [3.63, 3.8) is 0 Å².